The maximum Gasteiger partial charge on any atom is 0.353 e. The van der Waals surface area contributed by atoms with E-state index in [1.54, 1.807) is 6.92 Å². The molecule has 4 heterocycles. The molecule has 0 spiro atoms. The standard InChI is InChI=1S/C20H23N3O4S/c1-10-16-15(12(3)24)19(25)23(16)17(20(26)27)18(10)28-9-7-13-11(2)22-8-5-4-6-14(22)21-13/h4-6,8,10,12,15-16,24H,7,9H2,1-3H3,(H,26,27)/t10-,12-,15-,16-/m1/s1. The number of imidazole rings is 1. The van der Waals surface area contributed by atoms with Crippen LogP contribution in [0.25, 0.3) is 5.65 Å². The van der Waals surface area contributed by atoms with E-state index in [1.165, 1.54) is 16.7 Å². The summed E-state index contributed by atoms with van der Waals surface area (Å²) in [5, 5.41) is 19.6. The van der Waals surface area contributed by atoms with Gasteiger partial charge in [0.05, 0.1) is 23.8 Å². The number of aryl methyl sites for hydroxylation is 2. The van der Waals surface area contributed by atoms with Gasteiger partial charge in [0.25, 0.3) is 0 Å². The minimum Gasteiger partial charge on any atom is -0.477 e. The van der Waals surface area contributed by atoms with E-state index in [4.69, 9.17) is 0 Å². The molecule has 8 heteroatoms. The molecule has 0 unspecified atom stereocenters. The Morgan fingerprint density at radius 3 is 2.79 bits per heavy atom. The molecule has 2 aliphatic rings. The highest BCUT2D eigenvalue weighted by molar-refractivity contribution is 8.03. The zero-order valence-electron chi connectivity index (χ0n) is 16.0. The summed E-state index contributed by atoms with van der Waals surface area (Å²) < 4.78 is 2.04. The van der Waals surface area contributed by atoms with E-state index in [0.29, 0.717) is 12.2 Å². The normalized spacial score (nSPS) is 25.2. The molecule has 1 saturated heterocycles. The zero-order valence-corrected chi connectivity index (χ0v) is 16.8. The Morgan fingerprint density at radius 2 is 2.14 bits per heavy atom. The van der Waals surface area contributed by atoms with Crippen molar-refractivity contribution in [2.24, 2.45) is 11.8 Å². The Hall–Kier alpha value is -2.32. The van der Waals surface area contributed by atoms with Crippen LogP contribution in [-0.4, -0.2) is 54.3 Å². The van der Waals surface area contributed by atoms with Crippen molar-refractivity contribution in [1.82, 2.24) is 14.3 Å². The number of aliphatic hydroxyl groups is 1. The summed E-state index contributed by atoms with van der Waals surface area (Å²) in [4.78, 5) is 30.9. The van der Waals surface area contributed by atoms with E-state index in [9.17, 15) is 19.8 Å². The number of aliphatic hydroxyl groups excluding tert-OH is 1. The first-order valence-corrected chi connectivity index (χ1v) is 10.4. The first-order chi connectivity index (χ1) is 13.3. The zero-order chi connectivity index (χ0) is 20.2. The Morgan fingerprint density at radius 1 is 1.39 bits per heavy atom. The number of hydrogen-bond donors (Lipinski definition) is 2. The average Bonchev–Trinajstić information content (AvgIpc) is 3.08. The Kier molecular flexibility index (Phi) is 4.71. The number of carboxylic acid groups (broad SMARTS) is 1. The summed E-state index contributed by atoms with van der Waals surface area (Å²) >= 11 is 1.48. The van der Waals surface area contributed by atoms with E-state index in [1.807, 2.05) is 42.6 Å². The number of carbonyl (C=O) groups is 2. The van der Waals surface area contributed by atoms with Gasteiger partial charge in [-0.1, -0.05) is 13.0 Å². The van der Waals surface area contributed by atoms with Crippen molar-refractivity contribution in [3.63, 3.8) is 0 Å². The number of amides is 1. The smallest absolute Gasteiger partial charge is 0.353 e. The first kappa shape index (κ1) is 19.0. The number of rotatable bonds is 6. The lowest BCUT2D eigenvalue weighted by molar-refractivity contribution is -0.163. The number of hydrogen-bond acceptors (Lipinski definition) is 5. The fourth-order valence-corrected chi connectivity index (χ4v) is 5.62. The van der Waals surface area contributed by atoms with Crippen LogP contribution in [0.3, 0.4) is 0 Å². The van der Waals surface area contributed by atoms with E-state index in [-0.39, 0.29) is 23.6 Å². The van der Waals surface area contributed by atoms with Crippen LogP contribution in [0.1, 0.15) is 25.2 Å². The van der Waals surface area contributed by atoms with Gasteiger partial charge in [-0.05, 0) is 26.0 Å². The third-order valence-electron chi connectivity index (χ3n) is 5.77. The number of fused-ring (bicyclic) bond motifs is 2. The van der Waals surface area contributed by atoms with Crippen LogP contribution in [0.2, 0.25) is 0 Å². The first-order valence-electron chi connectivity index (χ1n) is 9.37. The molecule has 4 atom stereocenters. The summed E-state index contributed by atoms with van der Waals surface area (Å²) in [5.41, 5.74) is 3.05. The van der Waals surface area contributed by atoms with Crippen molar-refractivity contribution < 1.29 is 19.8 Å². The van der Waals surface area contributed by atoms with Gasteiger partial charge in [0, 0.05) is 34.9 Å². The van der Waals surface area contributed by atoms with Gasteiger partial charge >= 0.3 is 5.97 Å². The molecule has 0 aromatic carbocycles. The molecular formula is C20H23N3O4S. The fourth-order valence-electron chi connectivity index (χ4n) is 4.38. The highest BCUT2D eigenvalue weighted by atomic mass is 32.2. The molecule has 7 nitrogen and oxygen atoms in total. The van der Waals surface area contributed by atoms with Crippen LogP contribution in [0.5, 0.6) is 0 Å². The van der Waals surface area contributed by atoms with Gasteiger partial charge < -0.3 is 19.5 Å². The third-order valence-corrected chi connectivity index (χ3v) is 7.06. The van der Waals surface area contributed by atoms with Crippen molar-refractivity contribution in [2.75, 3.05) is 5.75 Å². The summed E-state index contributed by atoms with van der Waals surface area (Å²) in [6, 6.07) is 5.60. The molecule has 2 aromatic heterocycles. The lowest BCUT2D eigenvalue weighted by atomic mass is 9.79. The molecule has 148 valence electrons. The van der Waals surface area contributed by atoms with Crippen molar-refractivity contribution in [1.29, 1.82) is 0 Å². The second kappa shape index (κ2) is 6.93. The lowest BCUT2D eigenvalue weighted by Crippen LogP contribution is -2.63. The maximum absolute atomic E-state index is 12.4. The molecule has 4 rings (SSSR count). The number of nitrogens with zero attached hydrogens (tertiary/aromatic N) is 3. The van der Waals surface area contributed by atoms with Crippen LogP contribution in [0, 0.1) is 18.8 Å². The van der Waals surface area contributed by atoms with E-state index < -0.39 is 18.0 Å². The second-order valence-corrected chi connectivity index (χ2v) is 8.58. The number of pyridine rings is 1. The highest BCUT2D eigenvalue weighted by Crippen LogP contribution is 2.50. The summed E-state index contributed by atoms with van der Waals surface area (Å²) in [6.45, 7) is 5.55. The van der Waals surface area contributed by atoms with Gasteiger partial charge in [0.2, 0.25) is 5.91 Å². The average molecular weight is 401 g/mol. The van der Waals surface area contributed by atoms with E-state index in [2.05, 4.69) is 4.98 Å². The molecule has 2 aliphatic heterocycles. The largest absolute Gasteiger partial charge is 0.477 e. The van der Waals surface area contributed by atoms with Gasteiger partial charge in [-0.15, -0.1) is 11.8 Å². The Balaban J connectivity index is 1.53. The number of aliphatic carboxylic acids is 1. The number of aromatic nitrogens is 2. The summed E-state index contributed by atoms with van der Waals surface area (Å²) in [5.74, 6) is -1.33. The maximum atomic E-state index is 12.4. The van der Waals surface area contributed by atoms with Crippen LogP contribution < -0.4 is 0 Å². The van der Waals surface area contributed by atoms with Crippen molar-refractivity contribution >= 4 is 29.3 Å². The molecule has 2 N–H and O–H groups in total. The second-order valence-electron chi connectivity index (χ2n) is 7.44. The monoisotopic (exact) mass is 401 g/mol. The minimum atomic E-state index is -1.09. The predicted octanol–water partition coefficient (Wildman–Crippen LogP) is 2.07. The summed E-state index contributed by atoms with van der Waals surface area (Å²) in [6.07, 6.45) is 1.90. The molecule has 2 aromatic rings. The number of carbonyl (C=O) groups excluding carboxylic acids is 1. The van der Waals surface area contributed by atoms with Crippen molar-refractivity contribution in [3.05, 3.63) is 46.4 Å². The molecule has 1 fully saturated rings. The molecule has 0 aliphatic carbocycles. The number of thioether (sulfide) groups is 1. The number of β-lactam (4-membered cyclic amide) rings is 1. The van der Waals surface area contributed by atoms with Crippen LogP contribution in [0.15, 0.2) is 35.0 Å². The van der Waals surface area contributed by atoms with Gasteiger partial charge in [0.1, 0.15) is 11.3 Å². The third kappa shape index (κ3) is 2.74. The van der Waals surface area contributed by atoms with Crippen LogP contribution >= 0.6 is 11.8 Å². The fraction of sp³-hybridized carbons (Fsp3) is 0.450. The summed E-state index contributed by atoms with van der Waals surface area (Å²) in [7, 11) is 0. The highest BCUT2D eigenvalue weighted by Gasteiger charge is 2.59. The predicted molar refractivity (Wildman–Crippen MR) is 106 cm³/mol. The molecule has 28 heavy (non-hydrogen) atoms. The van der Waals surface area contributed by atoms with Gasteiger partial charge in [0.15, 0.2) is 0 Å². The van der Waals surface area contributed by atoms with Crippen molar-refractivity contribution in [3.8, 4) is 0 Å². The Labute approximate surface area is 167 Å². The quantitative estimate of drug-likeness (QED) is 0.720. The van der Waals surface area contributed by atoms with Gasteiger partial charge in [-0.3, -0.25) is 4.79 Å². The molecule has 0 saturated carbocycles. The van der Waals surface area contributed by atoms with Crippen molar-refractivity contribution in [2.45, 2.75) is 39.3 Å². The topological polar surface area (TPSA) is 95.1 Å². The van der Waals surface area contributed by atoms with E-state index in [0.717, 1.165) is 21.9 Å². The van der Waals surface area contributed by atoms with Crippen LogP contribution in [0.4, 0.5) is 0 Å². The Bertz CT molecular complexity index is 996. The molecule has 1 amide bonds. The number of carboxylic acids is 1. The molecular weight excluding hydrogens is 378 g/mol. The molecule has 0 bridgehead atoms. The van der Waals surface area contributed by atoms with Gasteiger partial charge in [-0.2, -0.15) is 0 Å². The molecule has 0 radical (unpaired) electrons. The van der Waals surface area contributed by atoms with E-state index >= 15 is 0 Å². The van der Waals surface area contributed by atoms with Gasteiger partial charge in [-0.25, -0.2) is 9.78 Å². The minimum absolute atomic E-state index is 0.0797. The lowest BCUT2D eigenvalue weighted by Gasteiger charge is -2.46. The SMILES string of the molecule is Cc1c(CCSC2=C(C(=O)O)N3C(=O)[C@H]([C@@H](C)O)[C@H]3[C@H]2C)nc2ccccn12. The van der Waals surface area contributed by atoms with Crippen LogP contribution in [-0.2, 0) is 16.0 Å².